The first-order valence-electron chi connectivity index (χ1n) is 4.40. The van der Waals surface area contributed by atoms with Crippen molar-refractivity contribution >= 4 is 33.5 Å². The number of nitrogens with zero attached hydrogens (tertiary/aromatic N) is 1. The molecule has 0 fully saturated rings. The van der Waals surface area contributed by atoms with Gasteiger partial charge in [-0.15, -0.1) is 11.8 Å². The molecule has 0 amide bonds. The summed E-state index contributed by atoms with van der Waals surface area (Å²) < 4.78 is 1.11. The van der Waals surface area contributed by atoms with Crippen LogP contribution in [0.2, 0.25) is 0 Å². The van der Waals surface area contributed by atoms with Gasteiger partial charge in [0.2, 0.25) is 0 Å². The Labute approximate surface area is 97.1 Å². The maximum absolute atomic E-state index is 5.70. The standard InChI is InChI=1S/C10H13BrN2S/c1-2-13-10(12)7-14-9-6-4-3-5-8(9)11/h3-6H,2,7H2,1H3,(H2,12,13). The Hall–Kier alpha value is -0.480. The summed E-state index contributed by atoms with van der Waals surface area (Å²) in [4.78, 5) is 5.32. The van der Waals surface area contributed by atoms with Gasteiger partial charge in [-0.05, 0) is 35.0 Å². The molecule has 0 aromatic heterocycles. The first kappa shape index (κ1) is 11.6. The highest BCUT2D eigenvalue weighted by Gasteiger charge is 1.99. The average Bonchev–Trinajstić information content (AvgIpc) is 2.17. The van der Waals surface area contributed by atoms with E-state index in [4.69, 9.17) is 5.73 Å². The molecule has 1 aromatic rings. The molecule has 0 saturated carbocycles. The number of hydrogen-bond acceptors (Lipinski definition) is 2. The fourth-order valence-corrected chi connectivity index (χ4v) is 2.37. The van der Waals surface area contributed by atoms with Crippen molar-refractivity contribution in [3.63, 3.8) is 0 Å². The first-order valence-corrected chi connectivity index (χ1v) is 6.18. The van der Waals surface area contributed by atoms with Crippen LogP contribution in [0.4, 0.5) is 0 Å². The third kappa shape index (κ3) is 3.72. The molecule has 0 unspecified atom stereocenters. The molecule has 14 heavy (non-hydrogen) atoms. The molecule has 0 spiro atoms. The van der Waals surface area contributed by atoms with Crippen LogP contribution < -0.4 is 5.73 Å². The number of hydrogen-bond donors (Lipinski definition) is 1. The lowest BCUT2D eigenvalue weighted by atomic mass is 10.4. The Morgan fingerprint density at radius 1 is 1.50 bits per heavy atom. The van der Waals surface area contributed by atoms with Gasteiger partial charge in [0.25, 0.3) is 0 Å². The molecular weight excluding hydrogens is 260 g/mol. The van der Waals surface area contributed by atoms with Crippen molar-refractivity contribution < 1.29 is 0 Å². The molecule has 0 aliphatic carbocycles. The molecular formula is C10H13BrN2S. The summed E-state index contributed by atoms with van der Waals surface area (Å²) in [6, 6.07) is 8.10. The van der Waals surface area contributed by atoms with Crippen LogP contribution in [0.5, 0.6) is 0 Å². The largest absolute Gasteiger partial charge is 0.387 e. The SMILES string of the molecule is CCN=C(N)CSc1ccccc1Br. The van der Waals surface area contributed by atoms with E-state index in [9.17, 15) is 0 Å². The number of halogens is 1. The summed E-state index contributed by atoms with van der Waals surface area (Å²) in [7, 11) is 0. The Morgan fingerprint density at radius 2 is 2.21 bits per heavy atom. The molecule has 0 atom stereocenters. The maximum Gasteiger partial charge on any atom is 0.104 e. The van der Waals surface area contributed by atoms with Gasteiger partial charge in [0.05, 0.1) is 5.75 Å². The van der Waals surface area contributed by atoms with Crippen LogP contribution in [0.1, 0.15) is 6.92 Å². The number of nitrogens with two attached hydrogens (primary N) is 1. The van der Waals surface area contributed by atoms with Crippen LogP contribution in [-0.4, -0.2) is 18.1 Å². The van der Waals surface area contributed by atoms with Gasteiger partial charge >= 0.3 is 0 Å². The van der Waals surface area contributed by atoms with E-state index in [1.807, 2.05) is 25.1 Å². The first-order chi connectivity index (χ1) is 6.74. The third-order valence-corrected chi connectivity index (χ3v) is 3.63. The highest BCUT2D eigenvalue weighted by atomic mass is 79.9. The van der Waals surface area contributed by atoms with E-state index < -0.39 is 0 Å². The van der Waals surface area contributed by atoms with E-state index in [0.29, 0.717) is 5.84 Å². The molecule has 4 heteroatoms. The highest BCUT2D eigenvalue weighted by molar-refractivity contribution is 9.10. The minimum Gasteiger partial charge on any atom is -0.387 e. The van der Waals surface area contributed by atoms with Gasteiger partial charge in [0.15, 0.2) is 0 Å². The number of benzene rings is 1. The van der Waals surface area contributed by atoms with Gasteiger partial charge in [-0.25, -0.2) is 0 Å². The van der Waals surface area contributed by atoms with Crippen LogP contribution in [-0.2, 0) is 0 Å². The van der Waals surface area contributed by atoms with Crippen LogP contribution in [0.25, 0.3) is 0 Å². The second-order valence-electron chi connectivity index (χ2n) is 2.68. The lowest BCUT2D eigenvalue weighted by molar-refractivity contribution is 1.12. The van der Waals surface area contributed by atoms with Crippen molar-refractivity contribution in [2.45, 2.75) is 11.8 Å². The van der Waals surface area contributed by atoms with Crippen molar-refractivity contribution in [2.24, 2.45) is 10.7 Å². The second kappa shape index (κ2) is 6.09. The molecule has 0 saturated heterocycles. The predicted octanol–water partition coefficient (Wildman–Crippen LogP) is 2.92. The molecule has 0 aliphatic rings. The molecule has 0 radical (unpaired) electrons. The minimum absolute atomic E-state index is 0.702. The van der Waals surface area contributed by atoms with E-state index >= 15 is 0 Å². The van der Waals surface area contributed by atoms with Gasteiger partial charge in [-0.1, -0.05) is 12.1 Å². The number of amidine groups is 1. The van der Waals surface area contributed by atoms with Crippen molar-refractivity contribution in [1.82, 2.24) is 0 Å². The fourth-order valence-electron chi connectivity index (χ4n) is 0.962. The van der Waals surface area contributed by atoms with Crippen molar-refractivity contribution in [1.29, 1.82) is 0 Å². The van der Waals surface area contributed by atoms with Crippen LogP contribution in [0.3, 0.4) is 0 Å². The van der Waals surface area contributed by atoms with Gasteiger partial charge in [0, 0.05) is 15.9 Å². The quantitative estimate of drug-likeness (QED) is 0.520. The van der Waals surface area contributed by atoms with Gasteiger partial charge < -0.3 is 5.73 Å². The number of thioether (sulfide) groups is 1. The lowest BCUT2D eigenvalue weighted by Crippen LogP contribution is -2.14. The Morgan fingerprint density at radius 3 is 2.86 bits per heavy atom. The molecule has 2 nitrogen and oxygen atoms in total. The van der Waals surface area contributed by atoms with Crippen LogP contribution >= 0.6 is 27.7 Å². The van der Waals surface area contributed by atoms with E-state index in [-0.39, 0.29) is 0 Å². The summed E-state index contributed by atoms with van der Waals surface area (Å²) in [5, 5.41) is 0. The average molecular weight is 273 g/mol. The van der Waals surface area contributed by atoms with E-state index in [1.54, 1.807) is 11.8 Å². The topological polar surface area (TPSA) is 38.4 Å². The maximum atomic E-state index is 5.70. The normalized spacial score (nSPS) is 11.7. The van der Waals surface area contributed by atoms with E-state index in [0.717, 1.165) is 16.8 Å². The van der Waals surface area contributed by atoms with Gasteiger partial charge in [0.1, 0.15) is 5.84 Å². The molecule has 0 aliphatic heterocycles. The molecule has 0 heterocycles. The summed E-state index contributed by atoms with van der Waals surface area (Å²) in [5.41, 5.74) is 5.70. The fraction of sp³-hybridized carbons (Fsp3) is 0.300. The van der Waals surface area contributed by atoms with Crippen molar-refractivity contribution in [2.75, 3.05) is 12.3 Å². The summed E-state index contributed by atoms with van der Waals surface area (Å²) >= 11 is 5.18. The highest BCUT2D eigenvalue weighted by Crippen LogP contribution is 2.26. The van der Waals surface area contributed by atoms with Crippen molar-refractivity contribution in [3.8, 4) is 0 Å². The molecule has 0 bridgehead atoms. The summed E-state index contributed by atoms with van der Waals surface area (Å²) in [5.74, 6) is 1.45. The number of aliphatic imine (C=N–C) groups is 1. The summed E-state index contributed by atoms with van der Waals surface area (Å²) in [6.07, 6.45) is 0. The lowest BCUT2D eigenvalue weighted by Gasteiger charge is -2.03. The summed E-state index contributed by atoms with van der Waals surface area (Å²) in [6.45, 7) is 2.73. The zero-order valence-corrected chi connectivity index (χ0v) is 10.4. The monoisotopic (exact) mass is 272 g/mol. The van der Waals surface area contributed by atoms with E-state index in [2.05, 4.69) is 27.0 Å². The van der Waals surface area contributed by atoms with Crippen LogP contribution in [0.15, 0.2) is 38.6 Å². The van der Waals surface area contributed by atoms with Gasteiger partial charge in [-0.3, -0.25) is 4.99 Å². The molecule has 1 aromatic carbocycles. The zero-order valence-electron chi connectivity index (χ0n) is 8.03. The molecule has 2 N–H and O–H groups in total. The predicted molar refractivity (Wildman–Crippen MR) is 67.0 cm³/mol. The molecule has 76 valence electrons. The number of rotatable bonds is 4. The Balaban J connectivity index is 2.54. The minimum atomic E-state index is 0.702. The Bertz CT molecular complexity index is 326. The van der Waals surface area contributed by atoms with Crippen LogP contribution in [0, 0.1) is 0 Å². The smallest absolute Gasteiger partial charge is 0.104 e. The van der Waals surface area contributed by atoms with Gasteiger partial charge in [-0.2, -0.15) is 0 Å². The third-order valence-electron chi connectivity index (χ3n) is 1.57. The second-order valence-corrected chi connectivity index (χ2v) is 4.56. The Kier molecular flexibility index (Phi) is 5.04. The van der Waals surface area contributed by atoms with Crippen molar-refractivity contribution in [3.05, 3.63) is 28.7 Å². The van der Waals surface area contributed by atoms with E-state index in [1.165, 1.54) is 4.90 Å². The molecule has 1 rings (SSSR count). The zero-order chi connectivity index (χ0) is 10.4.